The lowest BCUT2D eigenvalue weighted by Gasteiger charge is -2.30. The fraction of sp³-hybridized carbons (Fsp3) is 0.471. The Morgan fingerprint density at radius 3 is 3.24 bits per heavy atom. The number of rotatable bonds is 2. The van der Waals surface area contributed by atoms with Gasteiger partial charge in [0.2, 0.25) is 0 Å². The summed E-state index contributed by atoms with van der Waals surface area (Å²) in [6.07, 6.45) is 3.63. The summed E-state index contributed by atoms with van der Waals surface area (Å²) in [4.78, 5) is 12.0. The van der Waals surface area contributed by atoms with Gasteiger partial charge >= 0.3 is 5.97 Å². The van der Waals surface area contributed by atoms with E-state index in [0.29, 0.717) is 18.1 Å². The van der Waals surface area contributed by atoms with Crippen LogP contribution < -0.4 is 5.32 Å². The molecular formula is C17H20N2O2. The third kappa shape index (κ3) is 1.89. The first-order valence-corrected chi connectivity index (χ1v) is 7.82. The van der Waals surface area contributed by atoms with Gasteiger partial charge in [0.25, 0.3) is 0 Å². The molecule has 2 aliphatic rings. The third-order valence-corrected chi connectivity index (χ3v) is 4.75. The van der Waals surface area contributed by atoms with Crippen LogP contribution in [-0.4, -0.2) is 23.7 Å². The monoisotopic (exact) mass is 284 g/mol. The van der Waals surface area contributed by atoms with Crippen molar-refractivity contribution < 1.29 is 9.53 Å². The fourth-order valence-corrected chi connectivity index (χ4v) is 3.90. The molecule has 0 saturated carbocycles. The first kappa shape index (κ1) is 12.9. The Morgan fingerprint density at radius 2 is 2.38 bits per heavy atom. The Kier molecular flexibility index (Phi) is 3.00. The Morgan fingerprint density at radius 1 is 1.48 bits per heavy atom. The topological polar surface area (TPSA) is 43.3 Å². The van der Waals surface area contributed by atoms with Crippen LogP contribution in [0.5, 0.6) is 0 Å². The van der Waals surface area contributed by atoms with Crippen molar-refractivity contribution in [2.24, 2.45) is 0 Å². The molecule has 0 amide bonds. The number of hydrogen-bond donors (Lipinski definition) is 1. The molecular weight excluding hydrogens is 264 g/mol. The number of fused-ring (bicyclic) bond motifs is 3. The highest BCUT2D eigenvalue weighted by molar-refractivity contribution is 5.96. The van der Waals surface area contributed by atoms with Gasteiger partial charge < -0.3 is 9.30 Å². The minimum atomic E-state index is -0.221. The second kappa shape index (κ2) is 4.88. The first-order valence-electron chi connectivity index (χ1n) is 7.82. The lowest BCUT2D eigenvalue weighted by molar-refractivity contribution is 0.0526. The van der Waals surface area contributed by atoms with E-state index in [4.69, 9.17) is 4.74 Å². The van der Waals surface area contributed by atoms with Gasteiger partial charge in [-0.2, -0.15) is 0 Å². The zero-order chi connectivity index (χ0) is 14.4. The molecule has 110 valence electrons. The summed E-state index contributed by atoms with van der Waals surface area (Å²) >= 11 is 0. The Bertz CT molecular complexity index is 715. The van der Waals surface area contributed by atoms with Crippen LogP contribution in [0.1, 0.15) is 47.3 Å². The van der Waals surface area contributed by atoms with E-state index in [1.807, 2.05) is 19.1 Å². The maximum Gasteiger partial charge on any atom is 0.338 e. The van der Waals surface area contributed by atoms with Crippen LogP contribution in [0.25, 0.3) is 10.9 Å². The molecule has 21 heavy (non-hydrogen) atoms. The zero-order valence-corrected chi connectivity index (χ0v) is 12.3. The normalized spacial score (nSPS) is 20.3. The van der Waals surface area contributed by atoms with E-state index in [2.05, 4.69) is 16.0 Å². The van der Waals surface area contributed by atoms with Crippen molar-refractivity contribution in [1.82, 2.24) is 9.88 Å². The minimum absolute atomic E-state index is 0.221. The highest BCUT2D eigenvalue weighted by Crippen LogP contribution is 2.39. The van der Waals surface area contributed by atoms with E-state index in [0.717, 1.165) is 19.6 Å². The molecule has 1 atom stereocenters. The number of carbonyl (C=O) groups excluding carboxylic acids is 1. The van der Waals surface area contributed by atoms with Crippen LogP contribution in [0.4, 0.5) is 0 Å². The lowest BCUT2D eigenvalue weighted by atomic mass is 9.86. The number of aryl methyl sites for hydroxylation is 1. The molecule has 1 aromatic carbocycles. The first-order chi connectivity index (χ1) is 10.3. The maximum atomic E-state index is 12.0. The molecule has 0 unspecified atom stereocenters. The summed E-state index contributed by atoms with van der Waals surface area (Å²) in [5, 5.41) is 4.75. The number of esters is 1. The second-order valence-corrected chi connectivity index (χ2v) is 5.95. The smallest absolute Gasteiger partial charge is 0.338 e. The number of hydrogen-bond acceptors (Lipinski definition) is 3. The molecule has 0 radical (unpaired) electrons. The van der Waals surface area contributed by atoms with Gasteiger partial charge in [-0.05, 0) is 49.9 Å². The number of nitrogens with zero attached hydrogens (tertiary/aromatic N) is 1. The predicted molar refractivity (Wildman–Crippen MR) is 81.6 cm³/mol. The highest BCUT2D eigenvalue weighted by Gasteiger charge is 2.30. The summed E-state index contributed by atoms with van der Waals surface area (Å²) in [6.45, 7) is 4.21. The van der Waals surface area contributed by atoms with E-state index < -0.39 is 0 Å². The summed E-state index contributed by atoms with van der Waals surface area (Å²) in [5.41, 5.74) is 4.86. The second-order valence-electron chi connectivity index (χ2n) is 5.95. The van der Waals surface area contributed by atoms with Crippen molar-refractivity contribution in [2.45, 2.75) is 38.8 Å². The van der Waals surface area contributed by atoms with E-state index in [-0.39, 0.29) is 5.97 Å². The van der Waals surface area contributed by atoms with Gasteiger partial charge in [0.1, 0.15) is 0 Å². The molecule has 2 aromatic rings. The standard InChI is InChI=1S/C17H20N2O2/c1-2-21-17(20)11-6-7-15-14(8-11)13-5-3-4-12-9-18-10-19(15)16(12)13/h6-8,12,18H,2-5,9-10H2,1H3/t12-/m0/s1. The molecule has 4 rings (SSSR count). The maximum absolute atomic E-state index is 12.0. The van der Waals surface area contributed by atoms with Crippen LogP contribution in [0.2, 0.25) is 0 Å². The van der Waals surface area contributed by atoms with E-state index in [1.165, 1.54) is 35.0 Å². The molecule has 0 fully saturated rings. The van der Waals surface area contributed by atoms with Gasteiger partial charge in [0.05, 0.1) is 18.8 Å². The SMILES string of the molecule is CCOC(=O)c1ccc2c(c1)c1c3n2CNC[C@@H]3CCC1. The van der Waals surface area contributed by atoms with Gasteiger partial charge in [-0.25, -0.2) is 4.79 Å². The zero-order valence-electron chi connectivity index (χ0n) is 12.3. The number of benzene rings is 1. The van der Waals surface area contributed by atoms with Crippen LogP contribution in [0, 0.1) is 0 Å². The predicted octanol–water partition coefficient (Wildman–Crippen LogP) is 2.80. The Balaban J connectivity index is 1.90. The summed E-state index contributed by atoms with van der Waals surface area (Å²) in [6, 6.07) is 5.99. The third-order valence-electron chi connectivity index (χ3n) is 4.75. The van der Waals surface area contributed by atoms with E-state index in [9.17, 15) is 4.79 Å². The average Bonchev–Trinajstić information content (AvgIpc) is 2.84. The Labute approximate surface area is 124 Å². The van der Waals surface area contributed by atoms with Crippen LogP contribution in [0.15, 0.2) is 18.2 Å². The summed E-state index contributed by atoms with van der Waals surface area (Å²) < 4.78 is 7.53. The molecule has 4 heteroatoms. The summed E-state index contributed by atoms with van der Waals surface area (Å²) in [7, 11) is 0. The highest BCUT2D eigenvalue weighted by atomic mass is 16.5. The van der Waals surface area contributed by atoms with Crippen molar-refractivity contribution in [1.29, 1.82) is 0 Å². The number of carbonyl (C=O) groups is 1. The molecule has 1 N–H and O–H groups in total. The van der Waals surface area contributed by atoms with Crippen molar-refractivity contribution in [3.63, 3.8) is 0 Å². The van der Waals surface area contributed by atoms with Crippen LogP contribution in [-0.2, 0) is 17.8 Å². The largest absolute Gasteiger partial charge is 0.462 e. The molecule has 1 aliphatic carbocycles. The molecule has 0 saturated heterocycles. The average molecular weight is 284 g/mol. The quantitative estimate of drug-likeness (QED) is 0.862. The summed E-state index contributed by atoms with van der Waals surface area (Å²) in [5.74, 6) is 0.405. The molecule has 1 aliphatic heterocycles. The van der Waals surface area contributed by atoms with Gasteiger partial charge in [-0.3, -0.25) is 5.32 Å². The number of ether oxygens (including phenoxy) is 1. The van der Waals surface area contributed by atoms with Gasteiger partial charge in [-0.1, -0.05) is 0 Å². The van der Waals surface area contributed by atoms with Crippen molar-refractivity contribution in [2.75, 3.05) is 13.2 Å². The van der Waals surface area contributed by atoms with Crippen LogP contribution >= 0.6 is 0 Å². The van der Waals surface area contributed by atoms with Crippen LogP contribution in [0.3, 0.4) is 0 Å². The lowest BCUT2D eigenvalue weighted by Crippen LogP contribution is -2.34. The molecule has 1 aromatic heterocycles. The van der Waals surface area contributed by atoms with Crippen molar-refractivity contribution in [3.8, 4) is 0 Å². The molecule has 2 heterocycles. The van der Waals surface area contributed by atoms with Crippen molar-refractivity contribution >= 4 is 16.9 Å². The fourth-order valence-electron chi connectivity index (χ4n) is 3.90. The van der Waals surface area contributed by atoms with Gasteiger partial charge in [0, 0.05) is 29.1 Å². The van der Waals surface area contributed by atoms with E-state index >= 15 is 0 Å². The number of aromatic nitrogens is 1. The molecule has 0 bridgehead atoms. The van der Waals surface area contributed by atoms with E-state index in [1.54, 1.807) is 0 Å². The minimum Gasteiger partial charge on any atom is -0.462 e. The van der Waals surface area contributed by atoms with Gasteiger partial charge in [-0.15, -0.1) is 0 Å². The van der Waals surface area contributed by atoms with Crippen molar-refractivity contribution in [3.05, 3.63) is 35.0 Å². The molecule has 4 nitrogen and oxygen atoms in total. The molecule has 0 spiro atoms. The Hall–Kier alpha value is -1.81. The number of nitrogens with one attached hydrogen (secondary N) is 1. The van der Waals surface area contributed by atoms with Gasteiger partial charge in [0.15, 0.2) is 0 Å².